The zero-order chi connectivity index (χ0) is 11.0. The fraction of sp³-hybridized carbons (Fsp3) is 0.0833. The molecule has 0 spiro atoms. The van der Waals surface area contributed by atoms with Gasteiger partial charge in [0.1, 0.15) is 11.4 Å². The van der Waals surface area contributed by atoms with Gasteiger partial charge in [-0.2, -0.15) is 0 Å². The second-order valence-corrected chi connectivity index (χ2v) is 3.69. The van der Waals surface area contributed by atoms with E-state index in [1.165, 1.54) is 6.07 Å². The van der Waals surface area contributed by atoms with Crippen molar-refractivity contribution in [3.05, 3.63) is 64.6 Å². The number of fused-ring (bicyclic) bond motifs is 1. The molecule has 0 unspecified atom stereocenters. The Labute approximate surface area is 91.1 Å². The number of nitrogens with zero attached hydrogens (tertiary/aromatic N) is 1. The number of hydrogen-bond donors (Lipinski definition) is 1. The predicted octanol–water partition coefficient (Wildman–Crippen LogP) is 1.81. The Balaban J connectivity index is 2.02. The van der Waals surface area contributed by atoms with Crippen LogP contribution in [0.5, 0.6) is 0 Å². The van der Waals surface area contributed by atoms with Crippen LogP contribution in [0.2, 0.25) is 0 Å². The van der Waals surface area contributed by atoms with Crippen LogP contribution in [0.1, 0.15) is 11.5 Å². The molecule has 0 bridgehead atoms. The van der Waals surface area contributed by atoms with Gasteiger partial charge >= 0.3 is 0 Å². The number of nitrogens with one attached hydrogen (secondary N) is 1. The molecule has 0 aliphatic carbocycles. The first-order chi connectivity index (χ1) is 7.81. The lowest BCUT2D eigenvalue weighted by atomic mass is 10.3. The van der Waals surface area contributed by atoms with E-state index in [9.17, 15) is 4.79 Å². The largest absolute Gasteiger partial charge is 0.469 e. The highest BCUT2D eigenvalue weighted by molar-refractivity contribution is 5.39. The number of aromatic nitrogens is 2. The van der Waals surface area contributed by atoms with Crippen molar-refractivity contribution >= 4 is 5.65 Å². The highest BCUT2D eigenvalue weighted by atomic mass is 16.3. The van der Waals surface area contributed by atoms with Crippen molar-refractivity contribution in [1.82, 2.24) is 9.38 Å². The van der Waals surface area contributed by atoms with Crippen LogP contribution in [0, 0.1) is 0 Å². The minimum atomic E-state index is 0.00592. The molecule has 0 atom stereocenters. The van der Waals surface area contributed by atoms with Crippen molar-refractivity contribution in [3.8, 4) is 0 Å². The Hall–Kier alpha value is -2.23. The van der Waals surface area contributed by atoms with Gasteiger partial charge in [-0.25, -0.2) is 0 Å². The Morgan fingerprint density at radius 3 is 3.12 bits per heavy atom. The molecule has 0 amide bonds. The quantitative estimate of drug-likeness (QED) is 0.707. The molecule has 3 rings (SSSR count). The Morgan fingerprint density at radius 1 is 1.38 bits per heavy atom. The average molecular weight is 214 g/mol. The van der Waals surface area contributed by atoms with Crippen LogP contribution in [0.4, 0.5) is 0 Å². The summed E-state index contributed by atoms with van der Waals surface area (Å²) in [6.45, 7) is 0. The van der Waals surface area contributed by atoms with E-state index in [0.29, 0.717) is 6.42 Å². The van der Waals surface area contributed by atoms with E-state index in [1.54, 1.807) is 18.5 Å². The van der Waals surface area contributed by atoms with Gasteiger partial charge in [0.05, 0.1) is 6.26 Å². The maximum atomic E-state index is 11.2. The predicted molar refractivity (Wildman–Crippen MR) is 59.5 cm³/mol. The van der Waals surface area contributed by atoms with Gasteiger partial charge < -0.3 is 13.8 Å². The third-order valence-corrected chi connectivity index (χ3v) is 2.48. The second-order valence-electron chi connectivity index (χ2n) is 3.69. The van der Waals surface area contributed by atoms with Crippen LogP contribution in [-0.4, -0.2) is 9.38 Å². The SMILES string of the molecule is O=c1ccn2cc(Cc3ccco3)[nH]c2c1. The number of hydrogen-bond acceptors (Lipinski definition) is 2. The van der Waals surface area contributed by atoms with E-state index in [1.807, 2.05) is 22.7 Å². The van der Waals surface area contributed by atoms with Gasteiger partial charge in [-0.15, -0.1) is 0 Å². The summed E-state index contributed by atoms with van der Waals surface area (Å²) in [6, 6.07) is 6.90. The molecule has 0 fully saturated rings. The zero-order valence-electron chi connectivity index (χ0n) is 8.51. The van der Waals surface area contributed by atoms with Crippen LogP contribution >= 0.6 is 0 Å². The van der Waals surface area contributed by atoms with Gasteiger partial charge in [0.25, 0.3) is 0 Å². The maximum Gasteiger partial charge on any atom is 0.183 e. The number of pyridine rings is 1. The molecule has 0 aromatic carbocycles. The fourth-order valence-corrected chi connectivity index (χ4v) is 1.76. The van der Waals surface area contributed by atoms with Crippen LogP contribution in [0.15, 0.2) is 52.1 Å². The van der Waals surface area contributed by atoms with Crippen molar-refractivity contribution in [2.75, 3.05) is 0 Å². The standard InChI is InChI=1S/C12H10N2O2/c15-10-3-4-14-8-9(13-12(14)7-10)6-11-2-1-5-16-11/h1-5,7-8,13H,6H2. The van der Waals surface area contributed by atoms with E-state index < -0.39 is 0 Å². The Morgan fingerprint density at radius 2 is 2.31 bits per heavy atom. The first-order valence-electron chi connectivity index (χ1n) is 5.03. The Bertz CT molecular complexity index is 662. The number of furan rings is 1. The first kappa shape index (κ1) is 9.03. The summed E-state index contributed by atoms with van der Waals surface area (Å²) < 4.78 is 7.15. The van der Waals surface area contributed by atoms with Gasteiger partial charge in [0.15, 0.2) is 5.43 Å². The summed E-state index contributed by atoms with van der Waals surface area (Å²) in [6.07, 6.45) is 6.06. The number of aromatic amines is 1. The average Bonchev–Trinajstić information content (AvgIpc) is 2.86. The summed E-state index contributed by atoms with van der Waals surface area (Å²) >= 11 is 0. The van der Waals surface area contributed by atoms with Gasteiger partial charge in [-0.3, -0.25) is 4.79 Å². The lowest BCUT2D eigenvalue weighted by Gasteiger charge is -1.90. The van der Waals surface area contributed by atoms with Gasteiger partial charge in [0, 0.05) is 36.6 Å². The first-order valence-corrected chi connectivity index (χ1v) is 5.03. The summed E-state index contributed by atoms with van der Waals surface area (Å²) in [4.78, 5) is 14.3. The molecule has 80 valence electrons. The molecule has 0 aliphatic rings. The molecule has 4 heteroatoms. The molecule has 0 saturated heterocycles. The van der Waals surface area contributed by atoms with E-state index >= 15 is 0 Å². The third-order valence-electron chi connectivity index (χ3n) is 2.48. The van der Waals surface area contributed by atoms with Crippen LogP contribution < -0.4 is 5.43 Å². The number of imidazole rings is 1. The van der Waals surface area contributed by atoms with E-state index in [-0.39, 0.29) is 5.43 Å². The van der Waals surface area contributed by atoms with Crippen molar-refractivity contribution in [2.45, 2.75) is 6.42 Å². The molecule has 3 heterocycles. The molecule has 3 aromatic rings. The van der Waals surface area contributed by atoms with Gasteiger partial charge in [0.2, 0.25) is 0 Å². The van der Waals surface area contributed by atoms with Gasteiger partial charge in [-0.05, 0) is 12.1 Å². The summed E-state index contributed by atoms with van der Waals surface area (Å²) in [5.41, 5.74) is 1.82. The molecule has 4 nitrogen and oxygen atoms in total. The van der Waals surface area contributed by atoms with E-state index in [0.717, 1.165) is 17.1 Å². The number of H-pyrrole nitrogens is 1. The molecular formula is C12H10N2O2. The molecule has 0 radical (unpaired) electrons. The highest BCUT2D eigenvalue weighted by Crippen LogP contribution is 2.09. The molecular weight excluding hydrogens is 204 g/mol. The lowest BCUT2D eigenvalue weighted by molar-refractivity contribution is 0.519. The number of rotatable bonds is 2. The monoisotopic (exact) mass is 214 g/mol. The fourth-order valence-electron chi connectivity index (χ4n) is 1.76. The summed E-state index contributed by atoms with van der Waals surface area (Å²) in [7, 11) is 0. The Kier molecular flexibility index (Phi) is 1.93. The van der Waals surface area contributed by atoms with Crippen LogP contribution in [0.3, 0.4) is 0 Å². The summed E-state index contributed by atoms with van der Waals surface area (Å²) in [5.74, 6) is 0.898. The van der Waals surface area contributed by atoms with Crippen molar-refractivity contribution in [3.63, 3.8) is 0 Å². The summed E-state index contributed by atoms with van der Waals surface area (Å²) in [5, 5.41) is 0. The van der Waals surface area contributed by atoms with Crippen LogP contribution in [-0.2, 0) is 6.42 Å². The molecule has 0 saturated carbocycles. The lowest BCUT2D eigenvalue weighted by Crippen LogP contribution is -1.97. The second kappa shape index (κ2) is 3.41. The third kappa shape index (κ3) is 1.54. The zero-order valence-corrected chi connectivity index (χ0v) is 8.51. The van der Waals surface area contributed by atoms with Crippen molar-refractivity contribution in [1.29, 1.82) is 0 Å². The highest BCUT2D eigenvalue weighted by Gasteiger charge is 2.02. The van der Waals surface area contributed by atoms with Crippen molar-refractivity contribution < 1.29 is 4.42 Å². The van der Waals surface area contributed by atoms with Crippen LogP contribution in [0.25, 0.3) is 5.65 Å². The molecule has 1 N–H and O–H groups in total. The van der Waals surface area contributed by atoms with E-state index in [2.05, 4.69) is 4.98 Å². The van der Waals surface area contributed by atoms with E-state index in [4.69, 9.17) is 4.42 Å². The van der Waals surface area contributed by atoms with Crippen molar-refractivity contribution in [2.24, 2.45) is 0 Å². The maximum absolute atomic E-state index is 11.2. The topological polar surface area (TPSA) is 50.4 Å². The minimum absolute atomic E-state index is 0.00592. The van der Waals surface area contributed by atoms with Gasteiger partial charge in [-0.1, -0.05) is 0 Å². The molecule has 16 heavy (non-hydrogen) atoms. The molecule has 0 aliphatic heterocycles. The molecule has 3 aromatic heterocycles. The normalized spacial score (nSPS) is 11.0. The minimum Gasteiger partial charge on any atom is -0.469 e. The smallest absolute Gasteiger partial charge is 0.183 e.